The molecule has 0 saturated carbocycles. The van der Waals surface area contributed by atoms with Gasteiger partial charge in [-0.3, -0.25) is 19.5 Å². The molecule has 1 aromatic heterocycles. The Hall–Kier alpha value is -3.63. The van der Waals surface area contributed by atoms with Gasteiger partial charge in [-0.2, -0.15) is 13.2 Å². The van der Waals surface area contributed by atoms with Crippen molar-refractivity contribution < 1.29 is 22.8 Å². The molecule has 0 unspecified atom stereocenters. The van der Waals surface area contributed by atoms with E-state index < -0.39 is 11.7 Å². The minimum Gasteiger partial charge on any atom is -0.368 e. The Morgan fingerprint density at radius 1 is 0.925 bits per heavy atom. The molecule has 11 heteroatoms. The first kappa shape index (κ1) is 27.9. The van der Waals surface area contributed by atoms with E-state index >= 15 is 0 Å². The molecule has 0 radical (unpaired) electrons. The van der Waals surface area contributed by atoms with Gasteiger partial charge in [0.1, 0.15) is 5.69 Å². The van der Waals surface area contributed by atoms with Crippen LogP contribution in [0.1, 0.15) is 38.4 Å². The molecule has 3 aromatic rings. The Morgan fingerprint density at radius 2 is 1.62 bits per heavy atom. The fourth-order valence-electron chi connectivity index (χ4n) is 5.07. The number of amides is 2. The van der Waals surface area contributed by atoms with E-state index in [2.05, 4.69) is 20.1 Å². The molecule has 210 valence electrons. The minimum absolute atomic E-state index is 0.0954. The second-order valence-corrected chi connectivity index (χ2v) is 10.5. The Balaban J connectivity index is 1.09. The Labute approximate surface area is 235 Å². The van der Waals surface area contributed by atoms with E-state index in [1.807, 2.05) is 24.3 Å². The van der Waals surface area contributed by atoms with Crippen LogP contribution in [0.15, 0.2) is 66.9 Å². The molecule has 0 spiro atoms. The summed E-state index contributed by atoms with van der Waals surface area (Å²) in [6.45, 7) is 4.39. The van der Waals surface area contributed by atoms with Gasteiger partial charge in [0, 0.05) is 68.8 Å². The van der Waals surface area contributed by atoms with Gasteiger partial charge in [0.25, 0.3) is 11.8 Å². The highest BCUT2D eigenvalue weighted by Gasteiger charge is 2.30. The largest absolute Gasteiger partial charge is 0.416 e. The summed E-state index contributed by atoms with van der Waals surface area (Å²) in [5.74, 6) is -0.443. The van der Waals surface area contributed by atoms with Gasteiger partial charge in [0.05, 0.1) is 11.1 Å². The van der Waals surface area contributed by atoms with E-state index in [0.717, 1.165) is 36.3 Å². The van der Waals surface area contributed by atoms with Gasteiger partial charge in [0.2, 0.25) is 0 Å². The lowest BCUT2D eigenvalue weighted by atomic mass is 10.1. The van der Waals surface area contributed by atoms with Gasteiger partial charge in [0.15, 0.2) is 0 Å². The summed E-state index contributed by atoms with van der Waals surface area (Å²) in [7, 11) is 0. The van der Waals surface area contributed by atoms with Crippen molar-refractivity contribution in [2.45, 2.75) is 25.2 Å². The summed E-state index contributed by atoms with van der Waals surface area (Å²) in [6.07, 6.45) is -2.19. The summed E-state index contributed by atoms with van der Waals surface area (Å²) in [5, 5.41) is 3.66. The predicted octanol–water partition coefficient (Wildman–Crippen LogP) is 4.72. The lowest BCUT2D eigenvalue weighted by Gasteiger charge is -2.36. The zero-order valence-corrected chi connectivity index (χ0v) is 22.5. The molecule has 1 atom stereocenters. The molecule has 0 aliphatic carbocycles. The highest BCUT2D eigenvalue weighted by molar-refractivity contribution is 6.30. The number of hydrogen-bond donors (Lipinski definition) is 1. The van der Waals surface area contributed by atoms with Crippen molar-refractivity contribution in [3.63, 3.8) is 0 Å². The quantitative estimate of drug-likeness (QED) is 0.464. The van der Waals surface area contributed by atoms with Crippen LogP contribution in [0.4, 0.5) is 18.9 Å². The zero-order chi connectivity index (χ0) is 28.3. The summed E-state index contributed by atoms with van der Waals surface area (Å²) in [6, 6.07) is 15.9. The number of nitrogens with zero attached hydrogens (tertiary/aromatic N) is 4. The Morgan fingerprint density at radius 3 is 2.25 bits per heavy atom. The molecule has 40 heavy (non-hydrogen) atoms. The standard InChI is InChI=1S/C29H29ClF3N5O2/c30-23-6-8-25(9-7-23)37-13-15-38(16-14-37)28(40)21-3-10-26(34-17-21)27(39)35-24-11-12-36(19-24)18-20-1-4-22(5-2-20)29(31,32)33/h1-10,17,24H,11-16,18-19H2,(H,35,39)/t24-/m0/s1. The number of halogens is 4. The topological polar surface area (TPSA) is 68.8 Å². The number of carbonyl (C=O) groups excluding carboxylic acids is 2. The van der Waals surface area contributed by atoms with Crippen molar-refractivity contribution >= 4 is 29.1 Å². The van der Waals surface area contributed by atoms with E-state index in [1.54, 1.807) is 17.0 Å². The molecule has 0 bridgehead atoms. The van der Waals surface area contributed by atoms with Crippen molar-refractivity contribution in [1.82, 2.24) is 20.1 Å². The van der Waals surface area contributed by atoms with Crippen LogP contribution >= 0.6 is 11.6 Å². The second-order valence-electron chi connectivity index (χ2n) is 10.1. The van der Waals surface area contributed by atoms with E-state index in [-0.39, 0.29) is 23.6 Å². The van der Waals surface area contributed by atoms with Gasteiger partial charge in [-0.1, -0.05) is 23.7 Å². The molecule has 2 saturated heterocycles. The number of anilines is 1. The predicted molar refractivity (Wildman–Crippen MR) is 146 cm³/mol. The van der Waals surface area contributed by atoms with Gasteiger partial charge < -0.3 is 15.1 Å². The maximum atomic E-state index is 13.0. The number of carbonyl (C=O) groups is 2. The number of piperazine rings is 1. The zero-order valence-electron chi connectivity index (χ0n) is 21.7. The smallest absolute Gasteiger partial charge is 0.368 e. The molecule has 7 nitrogen and oxygen atoms in total. The second kappa shape index (κ2) is 11.9. The number of aromatic nitrogens is 1. The third-order valence-electron chi connectivity index (χ3n) is 7.30. The van der Waals surface area contributed by atoms with Crippen LogP contribution < -0.4 is 10.2 Å². The van der Waals surface area contributed by atoms with Crippen LogP contribution in [0, 0.1) is 0 Å². The highest BCUT2D eigenvalue weighted by atomic mass is 35.5. The van der Waals surface area contributed by atoms with Crippen molar-refractivity contribution in [3.8, 4) is 0 Å². The molecule has 1 N–H and O–H groups in total. The van der Waals surface area contributed by atoms with E-state index in [1.165, 1.54) is 18.3 Å². The molecule has 2 aliphatic heterocycles. The van der Waals surface area contributed by atoms with Crippen LogP contribution in [-0.4, -0.2) is 71.9 Å². The van der Waals surface area contributed by atoms with Crippen LogP contribution in [0.3, 0.4) is 0 Å². The average molecular weight is 572 g/mol. The first-order chi connectivity index (χ1) is 19.2. The molecule has 2 aromatic carbocycles. The monoisotopic (exact) mass is 571 g/mol. The van der Waals surface area contributed by atoms with Gasteiger partial charge in [-0.15, -0.1) is 0 Å². The SMILES string of the molecule is O=C(N[C@H]1CCN(Cc2ccc(C(F)(F)F)cc2)C1)c1ccc(C(=O)N2CCN(c3ccc(Cl)cc3)CC2)cn1. The highest BCUT2D eigenvalue weighted by Crippen LogP contribution is 2.29. The summed E-state index contributed by atoms with van der Waals surface area (Å²) < 4.78 is 38.3. The molecule has 5 rings (SSSR count). The maximum absolute atomic E-state index is 13.0. The summed E-state index contributed by atoms with van der Waals surface area (Å²) >= 11 is 5.97. The van der Waals surface area contributed by atoms with E-state index in [4.69, 9.17) is 11.6 Å². The molecule has 2 fully saturated rings. The summed E-state index contributed by atoms with van der Waals surface area (Å²) in [4.78, 5) is 36.1. The third kappa shape index (κ3) is 6.74. The van der Waals surface area contributed by atoms with Gasteiger partial charge in [-0.25, -0.2) is 0 Å². The van der Waals surface area contributed by atoms with Crippen LogP contribution in [0.5, 0.6) is 0 Å². The molecule has 3 heterocycles. The lowest BCUT2D eigenvalue weighted by Crippen LogP contribution is -2.48. The van der Waals surface area contributed by atoms with Gasteiger partial charge >= 0.3 is 6.18 Å². The minimum atomic E-state index is -4.35. The number of hydrogen-bond acceptors (Lipinski definition) is 5. The average Bonchev–Trinajstić information content (AvgIpc) is 3.39. The fourth-order valence-corrected chi connectivity index (χ4v) is 5.19. The number of rotatable bonds is 6. The number of nitrogens with one attached hydrogen (secondary N) is 1. The van der Waals surface area contributed by atoms with Gasteiger partial charge in [-0.05, 0) is 60.5 Å². The lowest BCUT2D eigenvalue weighted by molar-refractivity contribution is -0.137. The molecule has 2 amide bonds. The molecular weight excluding hydrogens is 543 g/mol. The van der Waals surface area contributed by atoms with Crippen molar-refractivity contribution in [2.75, 3.05) is 44.2 Å². The first-order valence-electron chi connectivity index (χ1n) is 13.1. The third-order valence-corrected chi connectivity index (χ3v) is 7.55. The Kier molecular flexibility index (Phi) is 8.27. The number of alkyl halides is 3. The Bertz CT molecular complexity index is 1330. The van der Waals surface area contributed by atoms with Crippen molar-refractivity contribution in [3.05, 3.63) is 94.3 Å². The van der Waals surface area contributed by atoms with Crippen LogP contribution in [-0.2, 0) is 12.7 Å². The number of benzene rings is 2. The molecule has 2 aliphatic rings. The molecular formula is C29H29ClF3N5O2. The number of likely N-dealkylation sites (tertiary alicyclic amines) is 1. The van der Waals surface area contributed by atoms with E-state index in [0.29, 0.717) is 49.9 Å². The van der Waals surface area contributed by atoms with Crippen LogP contribution in [0.2, 0.25) is 5.02 Å². The van der Waals surface area contributed by atoms with Crippen molar-refractivity contribution in [1.29, 1.82) is 0 Å². The summed E-state index contributed by atoms with van der Waals surface area (Å²) in [5.41, 5.74) is 1.84. The first-order valence-corrected chi connectivity index (χ1v) is 13.5. The normalized spacial score (nSPS) is 18.1. The number of pyridine rings is 1. The fraction of sp³-hybridized carbons (Fsp3) is 0.345. The van der Waals surface area contributed by atoms with E-state index in [9.17, 15) is 22.8 Å². The van der Waals surface area contributed by atoms with Crippen LogP contribution in [0.25, 0.3) is 0 Å². The van der Waals surface area contributed by atoms with Crippen molar-refractivity contribution in [2.24, 2.45) is 0 Å². The maximum Gasteiger partial charge on any atom is 0.416 e.